The molecule has 0 unspecified atom stereocenters. The van der Waals surface area contributed by atoms with Crippen LogP contribution in [0, 0.1) is 22.7 Å². The summed E-state index contributed by atoms with van der Waals surface area (Å²) < 4.78 is 11.9. The third-order valence-corrected chi connectivity index (χ3v) is 7.31. The number of hydrogen-bond acceptors (Lipinski definition) is 8. The quantitative estimate of drug-likeness (QED) is 0.103. The maximum absolute atomic E-state index is 9.55. The Morgan fingerprint density at radius 1 is 0.680 bits per heavy atom. The van der Waals surface area contributed by atoms with Crippen LogP contribution in [0.25, 0.3) is 0 Å². The van der Waals surface area contributed by atoms with Crippen molar-refractivity contribution < 1.29 is 29.3 Å². The Hall–Kier alpha value is -5.36. The van der Waals surface area contributed by atoms with Crippen molar-refractivity contribution in [3.8, 4) is 35.1 Å². The first-order valence-corrected chi connectivity index (χ1v) is 16.3. The van der Waals surface area contributed by atoms with E-state index in [0.717, 1.165) is 59.4 Å². The Labute approximate surface area is 301 Å². The molecule has 0 bridgehead atoms. The summed E-state index contributed by atoms with van der Waals surface area (Å²) in [5.74, 6) is -0.106. The average molecular weight is 718 g/mol. The second-order valence-corrected chi connectivity index (χ2v) is 11.3. The van der Waals surface area contributed by atoms with Gasteiger partial charge in [0, 0.05) is 47.4 Å². The highest BCUT2D eigenvalue weighted by Gasteiger charge is 2.13. The van der Waals surface area contributed by atoms with Crippen molar-refractivity contribution in [3.05, 3.63) is 128 Å². The van der Waals surface area contributed by atoms with Gasteiger partial charge in [-0.2, -0.15) is 10.5 Å². The van der Waals surface area contributed by atoms with Crippen LogP contribution in [0.5, 0.6) is 23.0 Å². The second-order valence-electron chi connectivity index (χ2n) is 10.4. The molecule has 4 rings (SSSR count). The highest BCUT2D eigenvalue weighted by atomic mass is 35.5. The van der Waals surface area contributed by atoms with E-state index in [-0.39, 0.29) is 0 Å². The smallest absolute Gasteiger partial charge is 0.328 e. The highest BCUT2D eigenvalue weighted by Crippen LogP contribution is 2.34. The van der Waals surface area contributed by atoms with Crippen LogP contribution in [0.1, 0.15) is 60.1 Å². The fourth-order valence-corrected chi connectivity index (χ4v) is 4.91. The standard InChI is InChI=1S/2C17H17ClN2O.C4H4O4/c2*1-2-4-15-12(10-19)5-3-6-16(15)21-17-9-14(18)8-7-13(17)11-20;5-3(6)1-2-4(7)8/h2*3,5-9H,2,4,10,19H2,1H3;1-2H,(H,5,6)(H,7,8)/b;;2-1+. The van der Waals surface area contributed by atoms with E-state index in [2.05, 4.69) is 26.0 Å². The number of nitrogens with zero attached hydrogens (tertiary/aromatic N) is 2. The van der Waals surface area contributed by atoms with Crippen molar-refractivity contribution in [2.75, 3.05) is 0 Å². The molecule has 0 fully saturated rings. The van der Waals surface area contributed by atoms with Crippen LogP contribution in [0.15, 0.2) is 84.9 Å². The molecule has 0 atom stereocenters. The van der Waals surface area contributed by atoms with E-state index < -0.39 is 11.9 Å². The van der Waals surface area contributed by atoms with Gasteiger partial charge in [-0.05, 0) is 71.5 Å². The van der Waals surface area contributed by atoms with Gasteiger partial charge < -0.3 is 31.2 Å². The van der Waals surface area contributed by atoms with Gasteiger partial charge in [0.15, 0.2) is 0 Å². The van der Waals surface area contributed by atoms with Gasteiger partial charge in [0.05, 0.1) is 11.1 Å². The van der Waals surface area contributed by atoms with Crippen molar-refractivity contribution in [1.29, 1.82) is 10.5 Å². The molecule has 0 heterocycles. The van der Waals surface area contributed by atoms with Crippen molar-refractivity contribution >= 4 is 35.1 Å². The Bertz CT molecular complexity index is 1750. The third-order valence-electron chi connectivity index (χ3n) is 6.84. The SMILES string of the molecule is CCCc1c(CN)cccc1Oc1cc(Cl)ccc1C#N.CCCc1c(CN)cccc1Oc1cc(Cl)ccc1C#N.O=C(O)/C=C/C(=O)O. The summed E-state index contributed by atoms with van der Waals surface area (Å²) in [5.41, 5.74) is 16.8. The zero-order chi connectivity index (χ0) is 37.1. The number of ether oxygens (including phenoxy) is 2. The predicted molar refractivity (Wildman–Crippen MR) is 194 cm³/mol. The molecule has 0 aliphatic carbocycles. The lowest BCUT2D eigenvalue weighted by atomic mass is 10.0. The number of nitrogens with two attached hydrogens (primary N) is 2. The van der Waals surface area contributed by atoms with Crippen LogP contribution in [-0.2, 0) is 35.5 Å². The summed E-state index contributed by atoms with van der Waals surface area (Å²) in [6.07, 6.45) is 4.86. The summed E-state index contributed by atoms with van der Waals surface area (Å²) in [4.78, 5) is 19.1. The van der Waals surface area contributed by atoms with Gasteiger partial charge in [-0.1, -0.05) is 74.2 Å². The molecule has 0 saturated heterocycles. The number of rotatable bonds is 12. The molecule has 0 aromatic heterocycles. The van der Waals surface area contributed by atoms with E-state index in [4.69, 9.17) is 64.9 Å². The van der Waals surface area contributed by atoms with Gasteiger partial charge in [0.25, 0.3) is 0 Å². The normalized spacial score (nSPS) is 10.1. The number of nitriles is 2. The fourth-order valence-electron chi connectivity index (χ4n) is 4.59. The van der Waals surface area contributed by atoms with Crippen molar-refractivity contribution in [3.63, 3.8) is 0 Å². The maximum atomic E-state index is 9.55. The van der Waals surface area contributed by atoms with E-state index >= 15 is 0 Å². The predicted octanol–water partition coefficient (Wildman–Crippen LogP) is 8.54. The van der Waals surface area contributed by atoms with Crippen LogP contribution in [0.3, 0.4) is 0 Å². The molecule has 0 amide bonds. The van der Waals surface area contributed by atoms with E-state index in [9.17, 15) is 9.59 Å². The molecule has 0 aliphatic heterocycles. The average Bonchev–Trinajstić information content (AvgIpc) is 3.10. The number of carboxylic acid groups (broad SMARTS) is 2. The fraction of sp³-hybridized carbons (Fsp3) is 0.211. The number of benzene rings is 4. The molecule has 260 valence electrons. The Kier molecular flexibility index (Phi) is 17.6. The lowest BCUT2D eigenvalue weighted by Gasteiger charge is -2.15. The highest BCUT2D eigenvalue weighted by molar-refractivity contribution is 6.31. The molecule has 0 aliphatic rings. The van der Waals surface area contributed by atoms with Crippen LogP contribution < -0.4 is 20.9 Å². The molecule has 0 radical (unpaired) electrons. The lowest BCUT2D eigenvalue weighted by Crippen LogP contribution is -2.03. The largest absolute Gasteiger partial charge is 0.478 e. The van der Waals surface area contributed by atoms with Gasteiger partial charge in [-0.15, -0.1) is 0 Å². The Morgan fingerprint density at radius 3 is 1.36 bits per heavy atom. The molecule has 4 aromatic carbocycles. The van der Waals surface area contributed by atoms with Gasteiger partial charge in [-0.3, -0.25) is 0 Å². The minimum atomic E-state index is -1.26. The molecular formula is C38H38Cl2N4O6. The van der Waals surface area contributed by atoms with Gasteiger partial charge in [0.2, 0.25) is 0 Å². The van der Waals surface area contributed by atoms with Crippen molar-refractivity contribution in [1.82, 2.24) is 0 Å². The number of hydrogen-bond donors (Lipinski definition) is 4. The van der Waals surface area contributed by atoms with Gasteiger partial charge in [-0.25, -0.2) is 9.59 Å². The number of aliphatic carboxylic acids is 2. The van der Waals surface area contributed by atoms with Crippen LogP contribution in [0.4, 0.5) is 0 Å². The monoisotopic (exact) mass is 716 g/mol. The number of halogens is 2. The summed E-state index contributed by atoms with van der Waals surface area (Å²) in [6, 6.07) is 25.8. The van der Waals surface area contributed by atoms with Crippen molar-refractivity contribution in [2.24, 2.45) is 11.5 Å². The lowest BCUT2D eigenvalue weighted by molar-refractivity contribution is -0.134. The molecule has 6 N–H and O–H groups in total. The van der Waals surface area contributed by atoms with E-state index in [1.165, 1.54) is 0 Å². The first-order valence-electron chi connectivity index (χ1n) is 15.5. The zero-order valence-electron chi connectivity index (χ0n) is 27.7. The van der Waals surface area contributed by atoms with Crippen LogP contribution in [-0.4, -0.2) is 22.2 Å². The molecule has 4 aromatic rings. The zero-order valence-corrected chi connectivity index (χ0v) is 29.2. The topological polar surface area (TPSA) is 193 Å². The first kappa shape index (κ1) is 40.8. The van der Waals surface area contributed by atoms with Gasteiger partial charge in [0.1, 0.15) is 35.1 Å². The van der Waals surface area contributed by atoms with E-state index in [0.29, 0.717) is 57.9 Å². The molecule has 10 nitrogen and oxygen atoms in total. The molecular weight excluding hydrogens is 679 g/mol. The van der Waals surface area contributed by atoms with E-state index in [1.54, 1.807) is 36.4 Å². The minimum absolute atomic E-state index is 0.458. The van der Waals surface area contributed by atoms with Crippen LogP contribution >= 0.6 is 23.2 Å². The Morgan fingerprint density at radius 2 is 1.06 bits per heavy atom. The maximum Gasteiger partial charge on any atom is 0.328 e. The summed E-state index contributed by atoms with van der Waals surface area (Å²) in [5, 5.41) is 35.0. The number of carbonyl (C=O) groups is 2. The summed E-state index contributed by atoms with van der Waals surface area (Å²) in [7, 11) is 0. The van der Waals surface area contributed by atoms with Crippen LogP contribution in [0.2, 0.25) is 10.0 Å². The first-order chi connectivity index (χ1) is 24.0. The molecule has 12 heteroatoms. The third kappa shape index (κ3) is 12.9. The Balaban J connectivity index is 0.000000286. The van der Waals surface area contributed by atoms with Crippen molar-refractivity contribution in [2.45, 2.75) is 52.6 Å². The van der Waals surface area contributed by atoms with Gasteiger partial charge >= 0.3 is 11.9 Å². The second kappa shape index (κ2) is 21.6. The molecule has 0 saturated carbocycles. The summed E-state index contributed by atoms with van der Waals surface area (Å²) in [6.45, 7) is 5.15. The van der Waals surface area contributed by atoms with E-state index in [1.807, 2.05) is 36.4 Å². The summed E-state index contributed by atoms with van der Waals surface area (Å²) >= 11 is 12.0. The minimum Gasteiger partial charge on any atom is -0.478 e. The number of carboxylic acids is 2. The molecule has 50 heavy (non-hydrogen) atoms. The molecule has 0 spiro atoms.